The Kier molecular flexibility index (Phi) is 5.00. The molecule has 1 aromatic rings. The third-order valence-corrected chi connectivity index (χ3v) is 3.65. The number of carbonyl (C=O) groups excluding carboxylic acids is 1. The summed E-state index contributed by atoms with van der Waals surface area (Å²) in [4.78, 5) is 11.3. The molecule has 0 unspecified atom stereocenters. The molecule has 0 saturated heterocycles. The standard InChI is InChI=1S/C9H13NO2S2/c1-7(5-11)10-8(12)6-14-9-3-2-4-13-9/h2-4,7,11H,5-6H2,1H3,(H,10,12)/t7-/m0/s1. The fraction of sp³-hybridized carbons (Fsp3) is 0.444. The first-order valence-electron chi connectivity index (χ1n) is 4.29. The summed E-state index contributed by atoms with van der Waals surface area (Å²) >= 11 is 3.14. The summed E-state index contributed by atoms with van der Waals surface area (Å²) in [5, 5.41) is 13.4. The fourth-order valence-corrected chi connectivity index (χ4v) is 2.44. The highest BCUT2D eigenvalue weighted by atomic mass is 32.2. The summed E-state index contributed by atoms with van der Waals surface area (Å²) in [5.41, 5.74) is 0. The molecule has 0 fully saturated rings. The highest BCUT2D eigenvalue weighted by Crippen LogP contribution is 2.22. The van der Waals surface area contributed by atoms with E-state index in [9.17, 15) is 4.79 Å². The fourth-order valence-electron chi connectivity index (χ4n) is 0.844. The van der Waals surface area contributed by atoms with Crippen LogP contribution in [-0.2, 0) is 4.79 Å². The maximum atomic E-state index is 11.3. The Bertz CT molecular complexity index is 274. The summed E-state index contributed by atoms with van der Waals surface area (Å²) in [6.07, 6.45) is 0. The number of aliphatic hydroxyl groups is 1. The maximum absolute atomic E-state index is 11.3. The predicted octanol–water partition coefficient (Wildman–Crippen LogP) is 1.34. The molecule has 78 valence electrons. The molecule has 1 amide bonds. The monoisotopic (exact) mass is 231 g/mol. The van der Waals surface area contributed by atoms with E-state index in [0.29, 0.717) is 5.75 Å². The molecule has 0 bridgehead atoms. The first-order valence-corrected chi connectivity index (χ1v) is 6.15. The molecule has 0 aliphatic heterocycles. The molecular weight excluding hydrogens is 218 g/mol. The molecule has 0 saturated carbocycles. The first kappa shape index (κ1) is 11.6. The van der Waals surface area contributed by atoms with Crippen LogP contribution in [-0.4, -0.2) is 29.4 Å². The van der Waals surface area contributed by atoms with Crippen molar-refractivity contribution in [3.8, 4) is 0 Å². The van der Waals surface area contributed by atoms with E-state index in [0.717, 1.165) is 4.21 Å². The molecule has 0 aromatic carbocycles. The zero-order valence-corrected chi connectivity index (χ0v) is 9.53. The van der Waals surface area contributed by atoms with E-state index < -0.39 is 0 Å². The minimum atomic E-state index is -0.161. The molecule has 0 radical (unpaired) electrons. The van der Waals surface area contributed by atoms with Gasteiger partial charge < -0.3 is 10.4 Å². The number of carbonyl (C=O) groups is 1. The van der Waals surface area contributed by atoms with Crippen LogP contribution in [0.3, 0.4) is 0 Å². The Balaban J connectivity index is 2.22. The van der Waals surface area contributed by atoms with E-state index in [4.69, 9.17) is 5.11 Å². The number of thiophene rings is 1. The zero-order chi connectivity index (χ0) is 10.4. The Morgan fingerprint density at radius 3 is 3.14 bits per heavy atom. The number of hydrogen-bond donors (Lipinski definition) is 2. The third kappa shape index (κ3) is 4.13. The molecule has 2 N–H and O–H groups in total. The quantitative estimate of drug-likeness (QED) is 0.752. The van der Waals surface area contributed by atoms with Gasteiger partial charge >= 0.3 is 0 Å². The van der Waals surface area contributed by atoms with Gasteiger partial charge in [-0.1, -0.05) is 6.07 Å². The van der Waals surface area contributed by atoms with Crippen molar-refractivity contribution in [3.63, 3.8) is 0 Å². The molecule has 1 heterocycles. The molecule has 3 nitrogen and oxygen atoms in total. The summed E-state index contributed by atoms with van der Waals surface area (Å²) in [5.74, 6) is 0.371. The zero-order valence-electron chi connectivity index (χ0n) is 7.90. The van der Waals surface area contributed by atoms with Gasteiger partial charge in [0.25, 0.3) is 0 Å². The van der Waals surface area contributed by atoms with Crippen LogP contribution in [0, 0.1) is 0 Å². The van der Waals surface area contributed by atoms with Gasteiger partial charge in [0.2, 0.25) is 5.91 Å². The van der Waals surface area contributed by atoms with E-state index in [1.165, 1.54) is 11.8 Å². The van der Waals surface area contributed by atoms with Crippen LogP contribution >= 0.6 is 23.1 Å². The molecule has 1 aromatic heterocycles. The van der Waals surface area contributed by atoms with Gasteiger partial charge in [0, 0.05) is 6.04 Å². The minimum absolute atomic E-state index is 0.0184. The van der Waals surface area contributed by atoms with Gasteiger partial charge in [-0.2, -0.15) is 0 Å². The average molecular weight is 231 g/mol. The van der Waals surface area contributed by atoms with Crippen molar-refractivity contribution in [2.24, 2.45) is 0 Å². The molecule has 1 rings (SSSR count). The van der Waals surface area contributed by atoms with Crippen molar-refractivity contribution in [1.29, 1.82) is 0 Å². The summed E-state index contributed by atoms with van der Waals surface area (Å²) in [7, 11) is 0. The molecule has 0 spiro atoms. The van der Waals surface area contributed by atoms with Gasteiger partial charge in [-0.15, -0.1) is 23.1 Å². The summed E-state index contributed by atoms with van der Waals surface area (Å²) < 4.78 is 1.14. The lowest BCUT2D eigenvalue weighted by Gasteiger charge is -2.09. The van der Waals surface area contributed by atoms with E-state index in [-0.39, 0.29) is 18.6 Å². The summed E-state index contributed by atoms with van der Waals surface area (Å²) in [6, 6.07) is 3.78. The topological polar surface area (TPSA) is 49.3 Å². The van der Waals surface area contributed by atoms with Crippen molar-refractivity contribution in [2.45, 2.75) is 17.2 Å². The Hall–Kier alpha value is -0.520. The van der Waals surface area contributed by atoms with Crippen LogP contribution in [0.4, 0.5) is 0 Å². The van der Waals surface area contributed by atoms with Crippen molar-refractivity contribution < 1.29 is 9.90 Å². The van der Waals surface area contributed by atoms with E-state index in [1.807, 2.05) is 17.5 Å². The van der Waals surface area contributed by atoms with Crippen LogP contribution < -0.4 is 5.32 Å². The highest BCUT2D eigenvalue weighted by Gasteiger charge is 2.06. The van der Waals surface area contributed by atoms with Crippen LogP contribution in [0.2, 0.25) is 0 Å². The second kappa shape index (κ2) is 6.06. The van der Waals surface area contributed by atoms with Crippen LogP contribution in [0.25, 0.3) is 0 Å². The van der Waals surface area contributed by atoms with Gasteiger partial charge in [-0.05, 0) is 18.4 Å². The van der Waals surface area contributed by atoms with Crippen LogP contribution in [0.5, 0.6) is 0 Å². The molecule has 0 aliphatic carbocycles. The Morgan fingerprint density at radius 2 is 2.57 bits per heavy atom. The predicted molar refractivity (Wildman–Crippen MR) is 59.7 cm³/mol. The lowest BCUT2D eigenvalue weighted by molar-refractivity contribution is -0.119. The molecule has 5 heteroatoms. The second-order valence-electron chi connectivity index (χ2n) is 2.87. The van der Waals surface area contributed by atoms with Gasteiger partial charge in [-0.3, -0.25) is 4.79 Å². The van der Waals surface area contributed by atoms with Crippen molar-refractivity contribution in [3.05, 3.63) is 17.5 Å². The lowest BCUT2D eigenvalue weighted by Crippen LogP contribution is -2.36. The van der Waals surface area contributed by atoms with Gasteiger partial charge in [0.1, 0.15) is 0 Å². The molecular formula is C9H13NO2S2. The summed E-state index contributed by atoms with van der Waals surface area (Å²) in [6.45, 7) is 1.75. The number of nitrogens with one attached hydrogen (secondary N) is 1. The SMILES string of the molecule is C[C@@H](CO)NC(=O)CSc1cccs1. The number of thioether (sulfide) groups is 1. The number of amides is 1. The van der Waals surface area contributed by atoms with E-state index >= 15 is 0 Å². The van der Waals surface area contributed by atoms with E-state index in [1.54, 1.807) is 18.3 Å². The third-order valence-electron chi connectivity index (χ3n) is 1.52. The largest absolute Gasteiger partial charge is 0.394 e. The highest BCUT2D eigenvalue weighted by molar-refractivity contribution is 8.01. The lowest BCUT2D eigenvalue weighted by atomic mass is 10.4. The number of aliphatic hydroxyl groups excluding tert-OH is 1. The smallest absolute Gasteiger partial charge is 0.230 e. The number of rotatable bonds is 5. The van der Waals surface area contributed by atoms with Crippen molar-refractivity contribution >= 4 is 29.0 Å². The van der Waals surface area contributed by atoms with Gasteiger partial charge in [0.15, 0.2) is 0 Å². The Morgan fingerprint density at radius 1 is 1.79 bits per heavy atom. The maximum Gasteiger partial charge on any atom is 0.230 e. The van der Waals surface area contributed by atoms with Gasteiger partial charge in [0.05, 0.1) is 16.6 Å². The second-order valence-corrected chi connectivity index (χ2v) is 5.10. The normalized spacial score (nSPS) is 12.4. The van der Waals surface area contributed by atoms with Crippen LogP contribution in [0.15, 0.2) is 21.7 Å². The van der Waals surface area contributed by atoms with Crippen molar-refractivity contribution in [2.75, 3.05) is 12.4 Å². The first-order chi connectivity index (χ1) is 6.72. The number of hydrogen-bond acceptors (Lipinski definition) is 4. The molecule has 0 aliphatic rings. The average Bonchev–Trinajstić information content (AvgIpc) is 2.67. The van der Waals surface area contributed by atoms with E-state index in [2.05, 4.69) is 5.32 Å². The molecule has 14 heavy (non-hydrogen) atoms. The van der Waals surface area contributed by atoms with Crippen molar-refractivity contribution in [1.82, 2.24) is 5.32 Å². The van der Waals surface area contributed by atoms with Crippen LogP contribution in [0.1, 0.15) is 6.92 Å². The molecule has 1 atom stereocenters. The Labute approximate surface area is 91.5 Å². The minimum Gasteiger partial charge on any atom is -0.394 e. The van der Waals surface area contributed by atoms with Gasteiger partial charge in [-0.25, -0.2) is 0 Å².